The highest BCUT2D eigenvalue weighted by Crippen LogP contribution is 2.24. The van der Waals surface area contributed by atoms with Crippen LogP contribution >= 0.6 is 0 Å². The van der Waals surface area contributed by atoms with E-state index in [2.05, 4.69) is 5.32 Å². The van der Waals surface area contributed by atoms with Crippen LogP contribution in [-0.2, 0) is 16.0 Å². The number of carbonyl (C=O) groups is 2. The molecule has 1 aliphatic rings. The molecule has 5 nitrogen and oxygen atoms in total. The van der Waals surface area contributed by atoms with Crippen molar-refractivity contribution in [3.8, 4) is 5.75 Å². The average Bonchev–Trinajstić information content (AvgIpc) is 2.78. The minimum Gasteiger partial charge on any atom is -0.483 e. The second-order valence-corrected chi connectivity index (χ2v) is 6.01. The maximum atomic E-state index is 12.1. The zero-order chi connectivity index (χ0) is 16.7. The molecule has 0 radical (unpaired) electrons. The summed E-state index contributed by atoms with van der Waals surface area (Å²) in [6.07, 6.45) is 5.06. The molecule has 1 amide bonds. The zero-order valence-corrected chi connectivity index (χ0v) is 13.6. The van der Waals surface area contributed by atoms with Crippen molar-refractivity contribution >= 4 is 11.9 Å². The van der Waals surface area contributed by atoms with Crippen molar-refractivity contribution in [2.75, 3.05) is 6.61 Å². The van der Waals surface area contributed by atoms with E-state index in [-0.39, 0.29) is 18.6 Å². The highest BCUT2D eigenvalue weighted by Gasteiger charge is 2.30. The van der Waals surface area contributed by atoms with Crippen LogP contribution in [0.15, 0.2) is 24.3 Å². The van der Waals surface area contributed by atoms with Crippen molar-refractivity contribution in [3.05, 3.63) is 29.8 Å². The normalized spacial score (nSPS) is 21.3. The SMILES string of the molecule is CCc1ccccc1OCC(=O)N[C@H]1CCCCC[C@H]1C(=O)O. The molecule has 2 atom stereocenters. The topological polar surface area (TPSA) is 75.6 Å². The number of benzene rings is 1. The Morgan fingerprint density at radius 1 is 1.22 bits per heavy atom. The Morgan fingerprint density at radius 2 is 1.96 bits per heavy atom. The summed E-state index contributed by atoms with van der Waals surface area (Å²) in [5, 5.41) is 12.2. The van der Waals surface area contributed by atoms with Crippen LogP contribution in [0.3, 0.4) is 0 Å². The molecule has 0 aromatic heterocycles. The van der Waals surface area contributed by atoms with Crippen molar-refractivity contribution in [2.24, 2.45) is 5.92 Å². The molecule has 126 valence electrons. The van der Waals surface area contributed by atoms with Crippen LogP contribution in [0.2, 0.25) is 0 Å². The van der Waals surface area contributed by atoms with E-state index < -0.39 is 11.9 Å². The molecule has 23 heavy (non-hydrogen) atoms. The van der Waals surface area contributed by atoms with Crippen molar-refractivity contribution in [2.45, 2.75) is 51.5 Å². The average molecular weight is 319 g/mol. The highest BCUT2D eigenvalue weighted by molar-refractivity contribution is 5.79. The van der Waals surface area contributed by atoms with Crippen LogP contribution in [0.1, 0.15) is 44.6 Å². The van der Waals surface area contributed by atoms with Gasteiger partial charge in [0.25, 0.3) is 5.91 Å². The van der Waals surface area contributed by atoms with Crippen molar-refractivity contribution < 1.29 is 19.4 Å². The maximum Gasteiger partial charge on any atom is 0.308 e. The van der Waals surface area contributed by atoms with Gasteiger partial charge < -0.3 is 15.2 Å². The summed E-state index contributed by atoms with van der Waals surface area (Å²) in [6, 6.07) is 7.33. The number of aliphatic carboxylic acids is 1. The smallest absolute Gasteiger partial charge is 0.308 e. The third-order valence-electron chi connectivity index (χ3n) is 4.39. The summed E-state index contributed by atoms with van der Waals surface area (Å²) >= 11 is 0. The lowest BCUT2D eigenvalue weighted by atomic mass is 9.95. The lowest BCUT2D eigenvalue weighted by molar-refractivity contribution is -0.143. The number of nitrogens with one attached hydrogen (secondary N) is 1. The van der Waals surface area contributed by atoms with Gasteiger partial charge in [-0.1, -0.05) is 44.4 Å². The second kappa shape index (κ2) is 8.56. The lowest BCUT2D eigenvalue weighted by Gasteiger charge is -2.23. The highest BCUT2D eigenvalue weighted by atomic mass is 16.5. The molecule has 0 unspecified atom stereocenters. The Hall–Kier alpha value is -2.04. The van der Waals surface area contributed by atoms with Crippen LogP contribution in [0.4, 0.5) is 0 Å². The molecule has 5 heteroatoms. The van der Waals surface area contributed by atoms with Gasteiger partial charge in [-0.3, -0.25) is 9.59 Å². The van der Waals surface area contributed by atoms with Crippen molar-refractivity contribution in [3.63, 3.8) is 0 Å². The fourth-order valence-electron chi connectivity index (χ4n) is 3.10. The van der Waals surface area contributed by atoms with Crippen LogP contribution in [0.25, 0.3) is 0 Å². The molecule has 1 aliphatic carbocycles. The monoisotopic (exact) mass is 319 g/mol. The Morgan fingerprint density at radius 3 is 2.70 bits per heavy atom. The summed E-state index contributed by atoms with van der Waals surface area (Å²) < 4.78 is 5.60. The largest absolute Gasteiger partial charge is 0.483 e. The number of hydrogen-bond donors (Lipinski definition) is 2. The molecule has 0 aliphatic heterocycles. The molecule has 2 N–H and O–H groups in total. The van der Waals surface area contributed by atoms with E-state index in [4.69, 9.17) is 4.74 Å². The van der Waals surface area contributed by atoms with Gasteiger partial charge in [0.05, 0.1) is 5.92 Å². The summed E-state index contributed by atoms with van der Waals surface area (Å²) in [5.74, 6) is -0.867. The lowest BCUT2D eigenvalue weighted by Crippen LogP contribution is -2.44. The summed E-state index contributed by atoms with van der Waals surface area (Å²) in [4.78, 5) is 23.5. The number of rotatable bonds is 6. The Labute approximate surface area is 137 Å². The molecule has 0 heterocycles. The van der Waals surface area contributed by atoms with E-state index in [1.54, 1.807) is 0 Å². The van der Waals surface area contributed by atoms with E-state index in [9.17, 15) is 14.7 Å². The second-order valence-electron chi connectivity index (χ2n) is 6.01. The van der Waals surface area contributed by atoms with Crippen LogP contribution in [-0.4, -0.2) is 29.6 Å². The summed E-state index contributed by atoms with van der Waals surface area (Å²) in [7, 11) is 0. The molecule has 0 spiro atoms. The Balaban J connectivity index is 1.91. The van der Waals surface area contributed by atoms with Gasteiger partial charge in [-0.15, -0.1) is 0 Å². The maximum absolute atomic E-state index is 12.1. The minimum atomic E-state index is -0.825. The van der Waals surface area contributed by atoms with Crippen molar-refractivity contribution in [1.82, 2.24) is 5.32 Å². The predicted octanol–water partition coefficient (Wildman–Crippen LogP) is 2.78. The molecular weight excluding hydrogens is 294 g/mol. The molecular formula is C18H25NO4. The first-order valence-corrected chi connectivity index (χ1v) is 8.34. The molecule has 0 saturated heterocycles. The van der Waals surface area contributed by atoms with Gasteiger partial charge in [-0.2, -0.15) is 0 Å². The quantitative estimate of drug-likeness (QED) is 0.791. The standard InChI is InChI=1S/C18H25NO4/c1-2-13-8-6-7-11-16(13)23-12-17(20)19-15-10-5-3-4-9-14(15)18(21)22/h6-8,11,14-15H,2-5,9-10,12H2,1H3,(H,19,20)(H,21,22)/t14-,15+/m1/s1. The van der Waals surface area contributed by atoms with Crippen LogP contribution in [0, 0.1) is 5.92 Å². The van der Waals surface area contributed by atoms with Crippen LogP contribution in [0.5, 0.6) is 5.75 Å². The number of carbonyl (C=O) groups excluding carboxylic acids is 1. The number of para-hydroxylation sites is 1. The Bertz CT molecular complexity index is 544. The number of aryl methyl sites for hydroxylation is 1. The fraction of sp³-hybridized carbons (Fsp3) is 0.556. The van der Waals surface area contributed by atoms with Gasteiger partial charge in [-0.05, 0) is 30.9 Å². The Kier molecular flexibility index (Phi) is 6.44. The molecule has 1 aromatic rings. The van der Waals surface area contributed by atoms with Gasteiger partial charge in [0.15, 0.2) is 6.61 Å². The van der Waals surface area contributed by atoms with Crippen molar-refractivity contribution in [1.29, 1.82) is 0 Å². The summed E-state index contributed by atoms with van der Waals surface area (Å²) in [6.45, 7) is 1.95. The number of carboxylic acids is 1. The van der Waals surface area contributed by atoms with E-state index in [0.717, 1.165) is 31.2 Å². The molecule has 1 aromatic carbocycles. The fourth-order valence-corrected chi connectivity index (χ4v) is 3.10. The number of ether oxygens (including phenoxy) is 1. The van der Waals surface area contributed by atoms with Gasteiger partial charge in [0.1, 0.15) is 5.75 Å². The molecule has 0 bridgehead atoms. The van der Waals surface area contributed by atoms with Gasteiger partial charge in [0, 0.05) is 6.04 Å². The number of amides is 1. The molecule has 1 saturated carbocycles. The molecule has 1 fully saturated rings. The van der Waals surface area contributed by atoms with E-state index in [1.807, 2.05) is 31.2 Å². The van der Waals surface area contributed by atoms with E-state index in [1.165, 1.54) is 0 Å². The van der Waals surface area contributed by atoms with Gasteiger partial charge in [-0.25, -0.2) is 0 Å². The van der Waals surface area contributed by atoms with Gasteiger partial charge in [0.2, 0.25) is 0 Å². The van der Waals surface area contributed by atoms with Crippen LogP contribution < -0.4 is 10.1 Å². The zero-order valence-electron chi connectivity index (χ0n) is 13.6. The minimum absolute atomic E-state index is 0.0835. The first-order chi connectivity index (χ1) is 11.1. The third kappa shape index (κ3) is 4.98. The third-order valence-corrected chi connectivity index (χ3v) is 4.39. The summed E-state index contributed by atoms with van der Waals surface area (Å²) in [5.41, 5.74) is 1.05. The van der Waals surface area contributed by atoms with Gasteiger partial charge >= 0.3 is 5.97 Å². The number of carboxylic acid groups (broad SMARTS) is 1. The first-order valence-electron chi connectivity index (χ1n) is 8.34. The molecule has 2 rings (SSSR count). The first kappa shape index (κ1) is 17.3. The van der Waals surface area contributed by atoms with E-state index >= 15 is 0 Å². The predicted molar refractivity (Wildman–Crippen MR) is 87.5 cm³/mol. The van der Waals surface area contributed by atoms with E-state index in [0.29, 0.717) is 18.6 Å². The number of hydrogen-bond acceptors (Lipinski definition) is 3.